The average Bonchev–Trinajstić information content (AvgIpc) is 3.34. The van der Waals surface area contributed by atoms with Crippen molar-refractivity contribution in [3.63, 3.8) is 0 Å². The molecule has 8 heteroatoms. The molecule has 4 aromatic rings. The highest BCUT2D eigenvalue weighted by Crippen LogP contribution is 2.48. The highest BCUT2D eigenvalue weighted by molar-refractivity contribution is 5.72. The van der Waals surface area contributed by atoms with Gasteiger partial charge in [-0.25, -0.2) is 0 Å². The van der Waals surface area contributed by atoms with E-state index >= 15 is 0 Å². The number of nitrogens with zero attached hydrogens (tertiary/aromatic N) is 2. The molecule has 1 aromatic heterocycles. The standard InChI is InChI=1S/C28H24N4O4/c1-33-20-12-13-23(34-2)21(14-20)24-22(15-29)27(30)36-28-25(24)26(31-32-28)18-8-10-19(11-9-18)35-16-17-6-4-3-5-7-17/h3-14,24H,16,30H2,1-2H3,(H,31,32)/t24-/m0/s1. The van der Waals surface area contributed by atoms with E-state index in [4.69, 9.17) is 24.7 Å². The molecular weight excluding hydrogens is 456 g/mol. The number of benzene rings is 3. The number of hydrogen-bond acceptors (Lipinski definition) is 7. The van der Waals surface area contributed by atoms with E-state index in [1.807, 2.05) is 60.7 Å². The molecule has 2 heterocycles. The number of H-pyrrole nitrogens is 1. The maximum Gasteiger partial charge on any atom is 0.244 e. The number of ether oxygens (including phenoxy) is 4. The Labute approximate surface area is 208 Å². The molecule has 0 spiro atoms. The van der Waals surface area contributed by atoms with E-state index in [2.05, 4.69) is 16.3 Å². The van der Waals surface area contributed by atoms with Crippen LogP contribution in [-0.4, -0.2) is 24.4 Å². The topological polar surface area (TPSA) is 115 Å². The molecule has 0 bridgehead atoms. The van der Waals surface area contributed by atoms with Crippen LogP contribution in [0.5, 0.6) is 23.1 Å². The average molecular weight is 481 g/mol. The van der Waals surface area contributed by atoms with E-state index in [0.717, 1.165) is 16.9 Å². The van der Waals surface area contributed by atoms with Crippen LogP contribution in [0.1, 0.15) is 22.6 Å². The number of nitrogens with one attached hydrogen (secondary N) is 1. The normalized spacial score (nSPS) is 14.4. The number of aromatic nitrogens is 2. The second-order valence-electron chi connectivity index (χ2n) is 8.15. The quantitative estimate of drug-likeness (QED) is 0.387. The first-order valence-electron chi connectivity index (χ1n) is 11.3. The fraction of sp³-hybridized carbons (Fsp3) is 0.143. The number of rotatable bonds is 7. The number of hydrogen-bond donors (Lipinski definition) is 2. The van der Waals surface area contributed by atoms with Gasteiger partial charge in [-0.1, -0.05) is 30.3 Å². The summed E-state index contributed by atoms with van der Waals surface area (Å²) in [6, 6.07) is 25.3. The Kier molecular flexibility index (Phi) is 6.20. The Morgan fingerprint density at radius 1 is 1.00 bits per heavy atom. The first kappa shape index (κ1) is 22.9. The maximum absolute atomic E-state index is 10.0. The van der Waals surface area contributed by atoms with Gasteiger partial charge < -0.3 is 24.7 Å². The van der Waals surface area contributed by atoms with Crippen LogP contribution in [0.4, 0.5) is 0 Å². The van der Waals surface area contributed by atoms with Crippen molar-refractivity contribution in [2.24, 2.45) is 5.73 Å². The summed E-state index contributed by atoms with van der Waals surface area (Å²) in [6.45, 7) is 0.473. The van der Waals surface area contributed by atoms with Crippen molar-refractivity contribution < 1.29 is 18.9 Å². The van der Waals surface area contributed by atoms with E-state index < -0.39 is 5.92 Å². The van der Waals surface area contributed by atoms with Crippen molar-refractivity contribution in [1.29, 1.82) is 5.26 Å². The second-order valence-corrected chi connectivity index (χ2v) is 8.15. The summed E-state index contributed by atoms with van der Waals surface area (Å²) in [5, 5.41) is 17.4. The molecule has 3 N–H and O–H groups in total. The molecule has 5 rings (SSSR count). The lowest BCUT2D eigenvalue weighted by Crippen LogP contribution is -2.21. The summed E-state index contributed by atoms with van der Waals surface area (Å²) in [5.41, 5.74) is 10.4. The van der Waals surface area contributed by atoms with Gasteiger partial charge in [0, 0.05) is 11.1 Å². The molecule has 1 aliphatic heterocycles. The largest absolute Gasteiger partial charge is 0.497 e. The van der Waals surface area contributed by atoms with E-state index in [1.54, 1.807) is 26.4 Å². The van der Waals surface area contributed by atoms with Crippen LogP contribution >= 0.6 is 0 Å². The molecule has 0 fully saturated rings. The molecule has 0 saturated carbocycles. The van der Waals surface area contributed by atoms with E-state index in [1.165, 1.54) is 0 Å². The van der Waals surface area contributed by atoms with Gasteiger partial charge in [-0.2, -0.15) is 5.26 Å². The molecule has 0 aliphatic carbocycles. The number of aromatic amines is 1. The van der Waals surface area contributed by atoms with Crippen molar-refractivity contribution in [1.82, 2.24) is 10.2 Å². The summed E-state index contributed by atoms with van der Waals surface area (Å²) < 4.78 is 22.7. The third-order valence-corrected chi connectivity index (χ3v) is 6.08. The molecular formula is C28H24N4O4. The zero-order valence-electron chi connectivity index (χ0n) is 19.8. The number of fused-ring (bicyclic) bond motifs is 1. The molecule has 0 saturated heterocycles. The van der Waals surface area contributed by atoms with Gasteiger partial charge in [0.1, 0.15) is 35.5 Å². The second kappa shape index (κ2) is 9.76. The molecule has 1 atom stereocenters. The monoisotopic (exact) mass is 480 g/mol. The fourth-order valence-electron chi connectivity index (χ4n) is 4.30. The summed E-state index contributed by atoms with van der Waals surface area (Å²) in [6.07, 6.45) is 0. The van der Waals surface area contributed by atoms with Crippen LogP contribution in [0.3, 0.4) is 0 Å². The zero-order valence-corrected chi connectivity index (χ0v) is 19.8. The first-order valence-corrected chi connectivity index (χ1v) is 11.3. The highest BCUT2D eigenvalue weighted by Gasteiger charge is 2.37. The zero-order chi connectivity index (χ0) is 25.1. The molecule has 0 radical (unpaired) electrons. The summed E-state index contributed by atoms with van der Waals surface area (Å²) in [7, 11) is 3.16. The van der Waals surface area contributed by atoms with Crippen molar-refractivity contribution in [2.75, 3.05) is 14.2 Å². The van der Waals surface area contributed by atoms with E-state index in [9.17, 15) is 5.26 Å². The lowest BCUT2D eigenvalue weighted by atomic mass is 9.82. The van der Waals surface area contributed by atoms with Crippen LogP contribution < -0.4 is 24.7 Å². The van der Waals surface area contributed by atoms with Crippen molar-refractivity contribution in [3.8, 4) is 40.5 Å². The van der Waals surface area contributed by atoms with Gasteiger partial charge in [0.2, 0.25) is 11.8 Å². The first-order chi connectivity index (χ1) is 17.6. The van der Waals surface area contributed by atoms with Gasteiger partial charge in [-0.15, -0.1) is 5.10 Å². The molecule has 3 aromatic carbocycles. The van der Waals surface area contributed by atoms with E-state index in [0.29, 0.717) is 40.8 Å². The molecule has 0 amide bonds. The molecule has 0 unspecified atom stereocenters. The third kappa shape index (κ3) is 4.18. The smallest absolute Gasteiger partial charge is 0.244 e. The number of methoxy groups -OCH3 is 2. The van der Waals surface area contributed by atoms with Crippen LogP contribution in [0.15, 0.2) is 84.3 Å². The van der Waals surface area contributed by atoms with Gasteiger partial charge in [0.15, 0.2) is 0 Å². The van der Waals surface area contributed by atoms with Gasteiger partial charge in [0.05, 0.1) is 31.4 Å². The molecule has 8 nitrogen and oxygen atoms in total. The predicted molar refractivity (Wildman–Crippen MR) is 134 cm³/mol. The molecule has 180 valence electrons. The summed E-state index contributed by atoms with van der Waals surface area (Å²) in [4.78, 5) is 0. The van der Waals surface area contributed by atoms with Crippen molar-refractivity contribution in [3.05, 3.63) is 101 Å². The highest BCUT2D eigenvalue weighted by atomic mass is 16.5. The van der Waals surface area contributed by atoms with Gasteiger partial charge >= 0.3 is 0 Å². The number of nitrogens with two attached hydrogens (primary N) is 1. The Hall–Kier alpha value is -4.90. The number of allylic oxidation sites excluding steroid dienone is 1. The molecule has 1 aliphatic rings. The van der Waals surface area contributed by atoms with Gasteiger partial charge in [-0.05, 0) is 48.0 Å². The Bertz CT molecular complexity index is 1450. The minimum atomic E-state index is -0.577. The van der Waals surface area contributed by atoms with Crippen LogP contribution in [0, 0.1) is 11.3 Å². The fourth-order valence-corrected chi connectivity index (χ4v) is 4.30. The van der Waals surface area contributed by atoms with Crippen LogP contribution in [0.2, 0.25) is 0 Å². The van der Waals surface area contributed by atoms with Crippen molar-refractivity contribution in [2.45, 2.75) is 12.5 Å². The molecule has 36 heavy (non-hydrogen) atoms. The summed E-state index contributed by atoms with van der Waals surface area (Å²) >= 11 is 0. The summed E-state index contributed by atoms with van der Waals surface area (Å²) in [5.74, 6) is 1.68. The van der Waals surface area contributed by atoms with Crippen molar-refractivity contribution >= 4 is 0 Å². The SMILES string of the molecule is COc1ccc(OC)c([C@H]2C(C#N)=C(N)Oc3n[nH]c(-c4ccc(OCc5ccccc5)cc4)c32)c1. The van der Waals surface area contributed by atoms with Crippen LogP contribution in [-0.2, 0) is 6.61 Å². The minimum absolute atomic E-state index is 0.00239. The number of nitriles is 1. The lowest BCUT2D eigenvalue weighted by Gasteiger charge is -2.25. The van der Waals surface area contributed by atoms with Gasteiger partial charge in [-0.3, -0.25) is 5.10 Å². The minimum Gasteiger partial charge on any atom is -0.497 e. The third-order valence-electron chi connectivity index (χ3n) is 6.08. The predicted octanol–water partition coefficient (Wildman–Crippen LogP) is 4.89. The lowest BCUT2D eigenvalue weighted by molar-refractivity contribution is 0.306. The van der Waals surface area contributed by atoms with Crippen LogP contribution in [0.25, 0.3) is 11.3 Å². The Balaban J connectivity index is 1.54. The maximum atomic E-state index is 10.0. The Morgan fingerprint density at radius 2 is 1.75 bits per heavy atom. The Morgan fingerprint density at radius 3 is 2.44 bits per heavy atom. The van der Waals surface area contributed by atoms with E-state index in [-0.39, 0.29) is 11.5 Å². The van der Waals surface area contributed by atoms with Gasteiger partial charge in [0.25, 0.3) is 0 Å².